The van der Waals surface area contributed by atoms with Crippen LogP contribution in [0.15, 0.2) is 24.3 Å². The summed E-state index contributed by atoms with van der Waals surface area (Å²) in [5.41, 5.74) is 0. The van der Waals surface area contributed by atoms with Crippen molar-refractivity contribution in [3.8, 4) is 11.5 Å². The van der Waals surface area contributed by atoms with Crippen LogP contribution in [0.1, 0.15) is 20.3 Å². The number of para-hydroxylation sites is 2. The SMILES string of the molecule is CC[C@H](C)[C@H](NC(=O)COc1ccccc1O)C(=O)O. The Balaban J connectivity index is 2.55. The van der Waals surface area contributed by atoms with Crippen molar-refractivity contribution < 1.29 is 24.5 Å². The zero-order valence-corrected chi connectivity index (χ0v) is 11.5. The summed E-state index contributed by atoms with van der Waals surface area (Å²) in [6, 6.07) is 5.30. The highest BCUT2D eigenvalue weighted by atomic mass is 16.5. The number of aliphatic carboxylic acids is 1. The first-order chi connectivity index (χ1) is 9.45. The fourth-order valence-electron chi connectivity index (χ4n) is 1.62. The maximum atomic E-state index is 11.7. The molecule has 1 aromatic rings. The second kappa shape index (κ2) is 7.37. The van der Waals surface area contributed by atoms with E-state index in [2.05, 4.69) is 5.32 Å². The molecule has 0 spiro atoms. The van der Waals surface area contributed by atoms with Gasteiger partial charge in [0.1, 0.15) is 6.04 Å². The van der Waals surface area contributed by atoms with Gasteiger partial charge < -0.3 is 20.3 Å². The summed E-state index contributed by atoms with van der Waals surface area (Å²) in [5, 5.41) is 20.9. The van der Waals surface area contributed by atoms with E-state index < -0.39 is 17.9 Å². The van der Waals surface area contributed by atoms with Gasteiger partial charge in [0.05, 0.1) is 0 Å². The summed E-state index contributed by atoms with van der Waals surface area (Å²) in [6.45, 7) is 3.26. The average molecular weight is 281 g/mol. The Morgan fingerprint density at radius 1 is 1.35 bits per heavy atom. The molecule has 1 amide bonds. The number of ether oxygens (including phenoxy) is 1. The van der Waals surface area contributed by atoms with Gasteiger partial charge in [0.25, 0.3) is 5.91 Å². The number of carbonyl (C=O) groups is 2. The molecule has 0 aliphatic heterocycles. The van der Waals surface area contributed by atoms with Gasteiger partial charge in [-0.3, -0.25) is 4.79 Å². The molecule has 1 aromatic carbocycles. The van der Waals surface area contributed by atoms with Crippen molar-refractivity contribution >= 4 is 11.9 Å². The molecule has 3 N–H and O–H groups in total. The van der Waals surface area contributed by atoms with Crippen molar-refractivity contribution in [1.82, 2.24) is 5.32 Å². The molecular formula is C14H19NO5. The molecule has 0 bridgehead atoms. The van der Waals surface area contributed by atoms with Gasteiger partial charge in [-0.25, -0.2) is 4.79 Å². The van der Waals surface area contributed by atoms with Crippen LogP contribution in [0, 0.1) is 5.92 Å². The van der Waals surface area contributed by atoms with Crippen molar-refractivity contribution in [2.24, 2.45) is 5.92 Å². The molecular weight excluding hydrogens is 262 g/mol. The summed E-state index contributed by atoms with van der Waals surface area (Å²) in [4.78, 5) is 22.7. The van der Waals surface area contributed by atoms with E-state index >= 15 is 0 Å². The number of phenolic OH excluding ortho intramolecular Hbond substituents is 1. The van der Waals surface area contributed by atoms with Crippen LogP contribution in [0.2, 0.25) is 0 Å². The lowest BCUT2D eigenvalue weighted by molar-refractivity contribution is -0.143. The Morgan fingerprint density at radius 3 is 2.55 bits per heavy atom. The van der Waals surface area contributed by atoms with Crippen LogP contribution in [0.25, 0.3) is 0 Å². The van der Waals surface area contributed by atoms with Crippen molar-refractivity contribution in [3.63, 3.8) is 0 Å². The van der Waals surface area contributed by atoms with Gasteiger partial charge in [-0.1, -0.05) is 32.4 Å². The molecule has 0 saturated heterocycles. The highest BCUT2D eigenvalue weighted by Crippen LogP contribution is 2.24. The maximum absolute atomic E-state index is 11.7. The predicted molar refractivity (Wildman–Crippen MR) is 72.6 cm³/mol. The molecule has 6 heteroatoms. The third kappa shape index (κ3) is 4.46. The normalized spacial score (nSPS) is 13.3. The van der Waals surface area contributed by atoms with Gasteiger partial charge in [-0.05, 0) is 18.1 Å². The van der Waals surface area contributed by atoms with Crippen LogP contribution < -0.4 is 10.1 Å². The number of aromatic hydroxyl groups is 1. The third-order valence-electron chi connectivity index (χ3n) is 3.02. The molecule has 0 unspecified atom stereocenters. The van der Waals surface area contributed by atoms with Gasteiger partial charge >= 0.3 is 5.97 Å². The van der Waals surface area contributed by atoms with Gasteiger partial charge in [0, 0.05) is 0 Å². The van der Waals surface area contributed by atoms with Crippen LogP contribution in [0.3, 0.4) is 0 Å². The number of nitrogens with one attached hydrogen (secondary N) is 1. The second-order valence-electron chi connectivity index (χ2n) is 4.53. The fraction of sp³-hybridized carbons (Fsp3) is 0.429. The molecule has 20 heavy (non-hydrogen) atoms. The lowest BCUT2D eigenvalue weighted by Gasteiger charge is -2.20. The molecule has 0 aliphatic carbocycles. The van der Waals surface area contributed by atoms with Crippen LogP contribution in [-0.2, 0) is 9.59 Å². The first kappa shape index (κ1) is 15.8. The zero-order valence-electron chi connectivity index (χ0n) is 11.5. The first-order valence-electron chi connectivity index (χ1n) is 6.38. The van der Waals surface area contributed by atoms with Gasteiger partial charge in [-0.15, -0.1) is 0 Å². The van der Waals surface area contributed by atoms with E-state index in [0.717, 1.165) is 0 Å². The number of hydrogen-bond donors (Lipinski definition) is 3. The minimum absolute atomic E-state index is 0.0722. The number of carboxylic acid groups (broad SMARTS) is 1. The lowest BCUT2D eigenvalue weighted by atomic mass is 9.99. The van der Waals surface area contributed by atoms with Crippen molar-refractivity contribution in [3.05, 3.63) is 24.3 Å². The monoisotopic (exact) mass is 281 g/mol. The number of hydrogen-bond acceptors (Lipinski definition) is 4. The highest BCUT2D eigenvalue weighted by molar-refractivity contribution is 5.84. The molecule has 6 nitrogen and oxygen atoms in total. The van der Waals surface area contributed by atoms with E-state index in [1.54, 1.807) is 19.1 Å². The number of phenols is 1. The Kier molecular flexibility index (Phi) is 5.83. The summed E-state index contributed by atoms with van der Waals surface area (Å²) in [5.74, 6) is -1.69. The minimum atomic E-state index is -1.07. The van der Waals surface area contributed by atoms with Gasteiger partial charge in [-0.2, -0.15) is 0 Å². The molecule has 110 valence electrons. The van der Waals surface area contributed by atoms with E-state index in [1.807, 2.05) is 6.92 Å². The second-order valence-corrected chi connectivity index (χ2v) is 4.53. The number of carbonyl (C=O) groups excluding carboxylic acids is 1. The van der Waals surface area contributed by atoms with Crippen molar-refractivity contribution in [2.45, 2.75) is 26.3 Å². The topological polar surface area (TPSA) is 95.9 Å². The Hall–Kier alpha value is -2.24. The summed E-state index contributed by atoms with van der Waals surface area (Å²) < 4.78 is 5.14. The van der Waals surface area contributed by atoms with E-state index in [1.165, 1.54) is 12.1 Å². The Labute approximate surface area is 117 Å². The average Bonchev–Trinajstić information content (AvgIpc) is 2.42. The number of benzene rings is 1. The minimum Gasteiger partial charge on any atom is -0.504 e. The molecule has 0 heterocycles. The van der Waals surface area contributed by atoms with E-state index in [9.17, 15) is 14.7 Å². The lowest BCUT2D eigenvalue weighted by Crippen LogP contribution is -2.46. The van der Waals surface area contributed by atoms with E-state index in [-0.39, 0.29) is 24.0 Å². The fourth-order valence-corrected chi connectivity index (χ4v) is 1.62. The van der Waals surface area contributed by atoms with Crippen LogP contribution in [0.5, 0.6) is 11.5 Å². The maximum Gasteiger partial charge on any atom is 0.326 e. The summed E-state index contributed by atoms with van der Waals surface area (Å²) in [7, 11) is 0. The Bertz CT molecular complexity index is 474. The third-order valence-corrected chi connectivity index (χ3v) is 3.02. The molecule has 1 rings (SSSR count). The molecule has 0 aromatic heterocycles. The molecule has 0 radical (unpaired) electrons. The number of rotatable bonds is 7. The van der Waals surface area contributed by atoms with Crippen LogP contribution in [0.4, 0.5) is 0 Å². The zero-order chi connectivity index (χ0) is 15.1. The highest BCUT2D eigenvalue weighted by Gasteiger charge is 2.25. The van der Waals surface area contributed by atoms with Crippen LogP contribution >= 0.6 is 0 Å². The molecule has 0 saturated carbocycles. The molecule has 0 aliphatic rings. The van der Waals surface area contributed by atoms with E-state index in [0.29, 0.717) is 6.42 Å². The molecule has 2 atom stereocenters. The van der Waals surface area contributed by atoms with Crippen molar-refractivity contribution in [2.75, 3.05) is 6.61 Å². The standard InChI is InChI=1S/C14H19NO5/c1-3-9(2)13(14(18)19)15-12(17)8-20-11-7-5-4-6-10(11)16/h4-7,9,13,16H,3,8H2,1-2H3,(H,15,17)(H,18,19)/t9-,13-/m0/s1. The Morgan fingerprint density at radius 2 is 2.00 bits per heavy atom. The van der Waals surface area contributed by atoms with Crippen LogP contribution in [-0.4, -0.2) is 34.7 Å². The largest absolute Gasteiger partial charge is 0.504 e. The quantitative estimate of drug-likeness (QED) is 0.702. The number of carboxylic acids is 1. The summed E-state index contributed by atoms with van der Waals surface area (Å²) in [6.07, 6.45) is 0.636. The predicted octanol–water partition coefficient (Wildman–Crippen LogP) is 1.39. The van der Waals surface area contributed by atoms with Gasteiger partial charge in [0.15, 0.2) is 18.1 Å². The van der Waals surface area contributed by atoms with Gasteiger partial charge in [0.2, 0.25) is 0 Å². The van der Waals surface area contributed by atoms with E-state index in [4.69, 9.17) is 9.84 Å². The molecule has 0 fully saturated rings. The van der Waals surface area contributed by atoms with Crippen molar-refractivity contribution in [1.29, 1.82) is 0 Å². The first-order valence-corrected chi connectivity index (χ1v) is 6.38. The number of amides is 1. The summed E-state index contributed by atoms with van der Waals surface area (Å²) >= 11 is 0. The smallest absolute Gasteiger partial charge is 0.326 e.